The maximum absolute atomic E-state index is 9.71. The molecule has 1 aliphatic heterocycles. The number of rotatable bonds is 2. The molecule has 1 atom stereocenters. The van der Waals surface area contributed by atoms with Crippen molar-refractivity contribution < 1.29 is 5.11 Å². The predicted molar refractivity (Wildman–Crippen MR) is 80.8 cm³/mol. The van der Waals surface area contributed by atoms with Gasteiger partial charge in [-0.25, -0.2) is 4.68 Å². The van der Waals surface area contributed by atoms with Gasteiger partial charge in [-0.3, -0.25) is 9.30 Å². The van der Waals surface area contributed by atoms with Crippen LogP contribution in [0, 0.1) is 4.77 Å². The number of pyridine rings is 1. The van der Waals surface area contributed by atoms with E-state index in [1.807, 2.05) is 0 Å². The largest absolute Gasteiger partial charge is 0.392 e. The van der Waals surface area contributed by atoms with Crippen LogP contribution in [0.25, 0.3) is 5.65 Å². The molecule has 1 saturated heterocycles. The van der Waals surface area contributed by atoms with Gasteiger partial charge in [-0.05, 0) is 31.1 Å². The lowest BCUT2D eigenvalue weighted by atomic mass is 10.1. The first-order valence-corrected chi connectivity index (χ1v) is 7.55. The molecule has 5 nitrogen and oxygen atoms in total. The second-order valence-corrected chi connectivity index (χ2v) is 6.21. The van der Waals surface area contributed by atoms with Crippen molar-refractivity contribution in [2.24, 2.45) is 0 Å². The maximum Gasteiger partial charge on any atom is 0.203 e. The van der Waals surface area contributed by atoms with Crippen LogP contribution in [0.15, 0.2) is 12.3 Å². The van der Waals surface area contributed by atoms with E-state index in [2.05, 4.69) is 10.00 Å². The fraction of sp³-hybridized carbons (Fsp3) is 0.500. The number of hydrogen-bond donors (Lipinski definition) is 1. The van der Waals surface area contributed by atoms with Crippen molar-refractivity contribution in [1.29, 1.82) is 0 Å². The molecule has 0 aromatic carbocycles. The summed E-state index contributed by atoms with van der Waals surface area (Å²) < 4.78 is 3.97. The molecule has 2 aromatic heterocycles. The summed E-state index contributed by atoms with van der Waals surface area (Å²) in [5, 5.41) is 15.1. The van der Waals surface area contributed by atoms with Crippen molar-refractivity contribution in [2.45, 2.75) is 25.6 Å². The molecule has 0 bridgehead atoms. The number of β-amino-alcohol motifs (C(OH)–C–C–N with tert-alkyl or cyclic N) is 1. The molecular formula is C12H14Cl2N4OS. The minimum absolute atomic E-state index is 0.270. The number of halogens is 2. The third-order valence-corrected chi connectivity index (χ3v) is 4.31. The highest BCUT2D eigenvalue weighted by atomic mass is 35.5. The molecule has 0 aliphatic carbocycles. The second kappa shape index (κ2) is 5.61. The highest BCUT2D eigenvalue weighted by molar-refractivity contribution is 7.71. The van der Waals surface area contributed by atoms with E-state index in [-0.39, 0.29) is 6.10 Å². The number of aliphatic hydroxyl groups is 1. The van der Waals surface area contributed by atoms with E-state index in [9.17, 15) is 5.11 Å². The first-order chi connectivity index (χ1) is 9.54. The van der Waals surface area contributed by atoms with E-state index in [1.54, 1.807) is 21.3 Å². The molecule has 0 spiro atoms. The van der Waals surface area contributed by atoms with Gasteiger partial charge >= 0.3 is 0 Å². The van der Waals surface area contributed by atoms with Crippen LogP contribution in [0.5, 0.6) is 0 Å². The molecule has 1 unspecified atom stereocenters. The fourth-order valence-electron chi connectivity index (χ4n) is 2.49. The van der Waals surface area contributed by atoms with Gasteiger partial charge in [0.1, 0.15) is 0 Å². The monoisotopic (exact) mass is 332 g/mol. The molecule has 1 aliphatic rings. The normalized spacial score (nSPS) is 20.6. The summed E-state index contributed by atoms with van der Waals surface area (Å²) in [4.78, 5) is 2.13. The summed E-state index contributed by atoms with van der Waals surface area (Å²) in [5.41, 5.74) is 0.596. The van der Waals surface area contributed by atoms with Crippen LogP contribution in [0.3, 0.4) is 0 Å². The van der Waals surface area contributed by atoms with Crippen LogP contribution in [-0.2, 0) is 6.67 Å². The third kappa shape index (κ3) is 2.71. The maximum atomic E-state index is 9.71. The van der Waals surface area contributed by atoms with Gasteiger partial charge in [0, 0.05) is 19.3 Å². The zero-order valence-electron chi connectivity index (χ0n) is 10.7. The van der Waals surface area contributed by atoms with Gasteiger partial charge in [-0.15, -0.1) is 5.10 Å². The van der Waals surface area contributed by atoms with Gasteiger partial charge in [-0.2, -0.15) is 0 Å². The van der Waals surface area contributed by atoms with Crippen LogP contribution in [0.2, 0.25) is 10.0 Å². The van der Waals surface area contributed by atoms with Crippen molar-refractivity contribution in [2.75, 3.05) is 13.1 Å². The Morgan fingerprint density at radius 1 is 1.45 bits per heavy atom. The van der Waals surface area contributed by atoms with Crippen molar-refractivity contribution in [3.63, 3.8) is 0 Å². The predicted octanol–water partition coefficient (Wildman–Crippen LogP) is 2.59. The van der Waals surface area contributed by atoms with Crippen LogP contribution >= 0.6 is 35.4 Å². The summed E-state index contributed by atoms with van der Waals surface area (Å²) >= 11 is 17.5. The molecule has 0 saturated carbocycles. The highest BCUT2D eigenvalue weighted by Gasteiger charge is 2.19. The fourth-order valence-corrected chi connectivity index (χ4v) is 3.23. The van der Waals surface area contributed by atoms with E-state index < -0.39 is 0 Å². The number of likely N-dealkylation sites (tertiary alicyclic amines) is 1. The van der Waals surface area contributed by atoms with Gasteiger partial charge in [0.15, 0.2) is 5.65 Å². The molecule has 1 N–H and O–H groups in total. The van der Waals surface area contributed by atoms with Crippen LogP contribution in [0.1, 0.15) is 12.8 Å². The Labute approximate surface area is 131 Å². The summed E-state index contributed by atoms with van der Waals surface area (Å²) in [6, 6.07) is 1.65. The lowest BCUT2D eigenvalue weighted by Gasteiger charge is -2.29. The summed E-state index contributed by atoms with van der Waals surface area (Å²) in [5.74, 6) is 0. The zero-order valence-corrected chi connectivity index (χ0v) is 13.0. The molecule has 1 fully saturated rings. The molecule has 0 radical (unpaired) electrons. The molecular weight excluding hydrogens is 319 g/mol. The first-order valence-electron chi connectivity index (χ1n) is 6.39. The Bertz CT molecular complexity index is 699. The summed E-state index contributed by atoms with van der Waals surface area (Å²) in [7, 11) is 0. The average molecular weight is 333 g/mol. The third-order valence-electron chi connectivity index (χ3n) is 3.42. The van der Waals surface area contributed by atoms with Crippen molar-refractivity contribution in [3.8, 4) is 0 Å². The highest BCUT2D eigenvalue weighted by Crippen LogP contribution is 2.21. The van der Waals surface area contributed by atoms with E-state index in [4.69, 9.17) is 35.4 Å². The molecule has 2 aromatic rings. The molecule has 0 amide bonds. The van der Waals surface area contributed by atoms with Gasteiger partial charge in [0.25, 0.3) is 0 Å². The first kappa shape index (κ1) is 14.3. The Morgan fingerprint density at radius 2 is 2.25 bits per heavy atom. The van der Waals surface area contributed by atoms with Crippen molar-refractivity contribution >= 4 is 41.1 Å². The Hall–Kier alpha value is -0.660. The number of aromatic nitrogens is 3. The van der Waals surface area contributed by atoms with Crippen LogP contribution in [-0.4, -0.2) is 43.4 Å². The van der Waals surface area contributed by atoms with Gasteiger partial charge in [-0.1, -0.05) is 23.2 Å². The average Bonchev–Trinajstić information content (AvgIpc) is 2.68. The minimum atomic E-state index is -0.270. The lowest BCUT2D eigenvalue weighted by Crippen LogP contribution is -2.39. The van der Waals surface area contributed by atoms with E-state index in [1.165, 1.54) is 0 Å². The number of aliphatic hydroxyl groups excluding tert-OH is 1. The number of piperidine rings is 1. The van der Waals surface area contributed by atoms with E-state index in [0.717, 1.165) is 19.4 Å². The van der Waals surface area contributed by atoms with Crippen molar-refractivity contribution in [3.05, 3.63) is 27.1 Å². The smallest absolute Gasteiger partial charge is 0.203 e. The SMILES string of the molecule is OC1CCCN(Cn2nc3c(Cl)cc(Cl)cn3c2=S)C1. The summed E-state index contributed by atoms with van der Waals surface area (Å²) in [6.45, 7) is 2.12. The molecule has 3 heterocycles. The quantitative estimate of drug-likeness (QED) is 0.858. The molecule has 8 heteroatoms. The molecule has 20 heavy (non-hydrogen) atoms. The lowest BCUT2D eigenvalue weighted by molar-refractivity contribution is 0.0514. The Balaban J connectivity index is 1.94. The Kier molecular flexibility index (Phi) is 4.01. The summed E-state index contributed by atoms with van der Waals surface area (Å²) in [6.07, 6.45) is 3.27. The van der Waals surface area contributed by atoms with E-state index in [0.29, 0.717) is 33.7 Å². The van der Waals surface area contributed by atoms with Gasteiger partial charge in [0.2, 0.25) is 4.77 Å². The molecule has 108 valence electrons. The Morgan fingerprint density at radius 3 is 3.00 bits per heavy atom. The second-order valence-electron chi connectivity index (χ2n) is 5.00. The number of nitrogens with zero attached hydrogens (tertiary/aromatic N) is 4. The zero-order chi connectivity index (χ0) is 14.3. The standard InChI is InChI=1S/C12H14Cl2N4OS/c13-8-4-10(14)11-15-18(12(20)17(11)5-8)7-16-3-1-2-9(19)6-16/h4-5,9,19H,1-3,6-7H2. The van der Waals surface area contributed by atoms with Gasteiger partial charge < -0.3 is 5.11 Å². The van der Waals surface area contributed by atoms with Crippen LogP contribution < -0.4 is 0 Å². The molecule has 3 rings (SSSR count). The minimum Gasteiger partial charge on any atom is -0.392 e. The number of hydrogen-bond acceptors (Lipinski definition) is 4. The van der Waals surface area contributed by atoms with E-state index >= 15 is 0 Å². The topological polar surface area (TPSA) is 45.7 Å². The van der Waals surface area contributed by atoms with Crippen LogP contribution in [0.4, 0.5) is 0 Å². The van der Waals surface area contributed by atoms with Crippen molar-refractivity contribution in [1.82, 2.24) is 19.1 Å². The van der Waals surface area contributed by atoms with Gasteiger partial charge in [0.05, 0.1) is 22.8 Å². The number of fused-ring (bicyclic) bond motifs is 1.